The molecule has 3 aromatic rings. The van der Waals surface area contributed by atoms with Crippen LogP contribution < -0.4 is 14.9 Å². The number of benzene rings is 2. The van der Waals surface area contributed by atoms with E-state index in [1.807, 2.05) is 20.8 Å². The predicted molar refractivity (Wildman–Crippen MR) is 121 cm³/mol. The number of rotatable bonds is 8. The monoisotopic (exact) mass is 447 g/mol. The second-order valence-corrected chi connectivity index (χ2v) is 10.1. The number of carbonyl (C=O) groups is 1. The summed E-state index contributed by atoms with van der Waals surface area (Å²) >= 11 is 1.02. The van der Waals surface area contributed by atoms with Crippen molar-refractivity contribution in [2.24, 2.45) is 5.92 Å². The van der Waals surface area contributed by atoms with E-state index in [1.54, 1.807) is 34.9 Å². The Balaban J connectivity index is 1.92. The van der Waals surface area contributed by atoms with E-state index in [4.69, 9.17) is 0 Å². The predicted octanol–water partition coefficient (Wildman–Crippen LogP) is 3.66. The Bertz CT molecular complexity index is 1230. The van der Waals surface area contributed by atoms with E-state index in [0.717, 1.165) is 23.3 Å². The van der Waals surface area contributed by atoms with Crippen LogP contribution >= 0.6 is 11.3 Å². The van der Waals surface area contributed by atoms with Crippen molar-refractivity contribution in [3.8, 4) is 0 Å². The number of nitrogens with one attached hydrogen (secondary N) is 2. The molecule has 0 radical (unpaired) electrons. The lowest BCUT2D eigenvalue weighted by atomic mass is 10.1. The molecule has 0 aliphatic heterocycles. The Labute approximate surface area is 179 Å². The zero-order valence-corrected chi connectivity index (χ0v) is 18.8. The fourth-order valence-electron chi connectivity index (χ4n) is 3.02. The molecule has 0 saturated heterocycles. The fourth-order valence-corrected chi connectivity index (χ4v) is 5.15. The van der Waals surface area contributed by atoms with Crippen LogP contribution in [0.1, 0.15) is 37.6 Å². The Morgan fingerprint density at radius 2 is 1.90 bits per heavy atom. The Hall–Kier alpha value is -2.65. The van der Waals surface area contributed by atoms with Crippen molar-refractivity contribution in [3.63, 3.8) is 0 Å². The third-order valence-corrected chi connectivity index (χ3v) is 6.79. The van der Waals surface area contributed by atoms with Crippen LogP contribution in [0.4, 0.5) is 5.69 Å². The van der Waals surface area contributed by atoms with Crippen molar-refractivity contribution in [1.82, 2.24) is 9.88 Å². The van der Waals surface area contributed by atoms with Gasteiger partial charge in [-0.1, -0.05) is 44.2 Å². The summed E-state index contributed by atoms with van der Waals surface area (Å²) in [4.78, 5) is 24.6. The summed E-state index contributed by atoms with van der Waals surface area (Å²) in [5.74, 6) is -0.0657. The molecule has 9 heteroatoms. The standard InChI is InChI=1S/C21H25N3O4S2/c1-4-11-24-18-10-9-15(12-19(18)29-21(24)26)30(27,28)23-17-8-6-5-7-16(17)20(25)22-13-14(2)3/h5-10,12,14,23H,4,11,13H2,1-3H3,(H,22,25). The molecule has 7 nitrogen and oxygen atoms in total. The van der Waals surface area contributed by atoms with Gasteiger partial charge in [-0.3, -0.25) is 18.9 Å². The summed E-state index contributed by atoms with van der Waals surface area (Å²) in [6, 6.07) is 11.1. The number of para-hydroxylation sites is 1. The van der Waals surface area contributed by atoms with Gasteiger partial charge in [0, 0.05) is 13.1 Å². The average Bonchev–Trinajstić information content (AvgIpc) is 3.01. The number of aryl methyl sites for hydroxylation is 1. The number of amides is 1. The van der Waals surface area contributed by atoms with Gasteiger partial charge in [-0.15, -0.1) is 0 Å². The van der Waals surface area contributed by atoms with E-state index >= 15 is 0 Å². The van der Waals surface area contributed by atoms with E-state index in [0.29, 0.717) is 17.8 Å². The van der Waals surface area contributed by atoms with Crippen molar-refractivity contribution in [1.29, 1.82) is 0 Å². The Morgan fingerprint density at radius 3 is 2.60 bits per heavy atom. The molecular weight excluding hydrogens is 422 g/mol. The molecule has 30 heavy (non-hydrogen) atoms. The highest BCUT2D eigenvalue weighted by atomic mass is 32.2. The molecule has 1 heterocycles. The first-order valence-corrected chi connectivity index (χ1v) is 12.1. The third kappa shape index (κ3) is 4.73. The van der Waals surface area contributed by atoms with Crippen LogP contribution in [0.2, 0.25) is 0 Å². The second kappa shape index (κ2) is 9.01. The van der Waals surface area contributed by atoms with Crippen molar-refractivity contribution in [3.05, 3.63) is 57.7 Å². The lowest BCUT2D eigenvalue weighted by Gasteiger charge is -2.14. The first-order chi connectivity index (χ1) is 14.2. The third-order valence-electron chi connectivity index (χ3n) is 4.48. The molecular formula is C21H25N3O4S2. The minimum Gasteiger partial charge on any atom is -0.352 e. The van der Waals surface area contributed by atoms with Gasteiger partial charge in [0.15, 0.2) is 0 Å². The second-order valence-electron chi connectivity index (χ2n) is 7.40. The van der Waals surface area contributed by atoms with Crippen LogP contribution in [0.3, 0.4) is 0 Å². The minimum atomic E-state index is -3.94. The quantitative estimate of drug-likeness (QED) is 0.551. The van der Waals surface area contributed by atoms with Gasteiger partial charge in [-0.2, -0.15) is 0 Å². The molecule has 2 aromatic carbocycles. The lowest BCUT2D eigenvalue weighted by molar-refractivity contribution is 0.0950. The van der Waals surface area contributed by atoms with Gasteiger partial charge < -0.3 is 5.32 Å². The molecule has 0 atom stereocenters. The maximum atomic E-state index is 13.0. The van der Waals surface area contributed by atoms with Gasteiger partial charge in [0.1, 0.15) is 0 Å². The van der Waals surface area contributed by atoms with Gasteiger partial charge in [-0.25, -0.2) is 8.42 Å². The number of thiazole rings is 1. The van der Waals surface area contributed by atoms with Gasteiger partial charge in [0.25, 0.3) is 15.9 Å². The molecule has 2 N–H and O–H groups in total. The number of sulfonamides is 1. The first kappa shape index (κ1) is 22.0. The molecule has 1 amide bonds. The van der Waals surface area contributed by atoms with Crippen molar-refractivity contribution < 1.29 is 13.2 Å². The van der Waals surface area contributed by atoms with E-state index in [9.17, 15) is 18.0 Å². The van der Waals surface area contributed by atoms with Crippen LogP contribution in [0.25, 0.3) is 10.2 Å². The molecule has 0 saturated carbocycles. The number of hydrogen-bond acceptors (Lipinski definition) is 5. The topological polar surface area (TPSA) is 97.3 Å². The summed E-state index contributed by atoms with van der Waals surface area (Å²) in [6.45, 7) is 7.01. The van der Waals surface area contributed by atoms with Gasteiger partial charge in [0.05, 0.1) is 26.4 Å². The fraction of sp³-hybridized carbons (Fsp3) is 0.333. The molecule has 1 aromatic heterocycles. The van der Waals surface area contributed by atoms with Gasteiger partial charge in [-0.05, 0) is 42.7 Å². The van der Waals surface area contributed by atoms with Crippen LogP contribution in [-0.2, 0) is 16.6 Å². The molecule has 0 fully saturated rings. The lowest BCUT2D eigenvalue weighted by Crippen LogP contribution is -2.28. The molecule has 3 rings (SSSR count). The van der Waals surface area contributed by atoms with E-state index in [-0.39, 0.29) is 32.8 Å². The van der Waals surface area contributed by atoms with Crippen molar-refractivity contribution >= 4 is 43.2 Å². The first-order valence-electron chi connectivity index (χ1n) is 9.76. The highest BCUT2D eigenvalue weighted by molar-refractivity contribution is 7.92. The van der Waals surface area contributed by atoms with Crippen LogP contribution in [0.5, 0.6) is 0 Å². The summed E-state index contributed by atoms with van der Waals surface area (Å²) in [5.41, 5.74) is 1.18. The number of fused-ring (bicyclic) bond motifs is 1. The van der Waals surface area contributed by atoms with E-state index in [2.05, 4.69) is 10.0 Å². The van der Waals surface area contributed by atoms with Crippen molar-refractivity contribution in [2.75, 3.05) is 11.3 Å². The van der Waals surface area contributed by atoms with Crippen LogP contribution in [0.15, 0.2) is 52.2 Å². The number of nitrogens with zero attached hydrogens (tertiary/aromatic N) is 1. The molecule has 0 aliphatic rings. The van der Waals surface area contributed by atoms with Crippen molar-refractivity contribution in [2.45, 2.75) is 38.6 Å². The summed E-state index contributed by atoms with van der Waals surface area (Å²) < 4.78 is 30.7. The van der Waals surface area contributed by atoms with E-state index in [1.165, 1.54) is 12.1 Å². The zero-order chi connectivity index (χ0) is 21.9. The molecule has 0 unspecified atom stereocenters. The summed E-state index contributed by atoms with van der Waals surface area (Å²) in [5, 5.41) is 2.80. The van der Waals surface area contributed by atoms with Crippen LogP contribution in [-0.4, -0.2) is 25.4 Å². The number of anilines is 1. The number of aromatic nitrogens is 1. The number of hydrogen-bond donors (Lipinski definition) is 2. The van der Waals surface area contributed by atoms with Gasteiger partial charge >= 0.3 is 4.87 Å². The Kier molecular flexibility index (Phi) is 6.62. The molecule has 0 spiro atoms. The average molecular weight is 448 g/mol. The molecule has 0 aliphatic carbocycles. The highest BCUT2D eigenvalue weighted by Crippen LogP contribution is 2.25. The van der Waals surface area contributed by atoms with E-state index < -0.39 is 10.0 Å². The maximum Gasteiger partial charge on any atom is 0.308 e. The molecule has 0 bridgehead atoms. The summed E-state index contributed by atoms with van der Waals surface area (Å²) in [7, 11) is -3.94. The normalized spacial score (nSPS) is 11.7. The smallest absolute Gasteiger partial charge is 0.308 e. The summed E-state index contributed by atoms with van der Waals surface area (Å²) in [6.07, 6.45) is 0.809. The molecule has 160 valence electrons. The number of carbonyl (C=O) groups excluding carboxylic acids is 1. The maximum absolute atomic E-state index is 13.0. The SMILES string of the molecule is CCCn1c(=O)sc2cc(S(=O)(=O)Nc3ccccc3C(=O)NCC(C)C)ccc21. The minimum absolute atomic E-state index is 0.0392. The largest absolute Gasteiger partial charge is 0.352 e. The zero-order valence-electron chi connectivity index (χ0n) is 17.1. The van der Waals surface area contributed by atoms with Gasteiger partial charge in [0.2, 0.25) is 0 Å². The Morgan fingerprint density at radius 1 is 1.17 bits per heavy atom. The highest BCUT2D eigenvalue weighted by Gasteiger charge is 2.20. The van der Waals surface area contributed by atoms with Crippen LogP contribution in [0, 0.1) is 5.92 Å².